The summed E-state index contributed by atoms with van der Waals surface area (Å²) in [6.07, 6.45) is 3.24. The number of hydrogen-bond acceptors (Lipinski definition) is 0. The molecule has 2 aromatic rings. The molecule has 0 amide bonds. The molecule has 1 aromatic heterocycles. The predicted molar refractivity (Wildman–Crippen MR) is 72.6 cm³/mol. The quantitative estimate of drug-likeness (QED) is 0.832. The maximum absolute atomic E-state index is 3.52. The molecule has 0 atom stereocenters. The Morgan fingerprint density at radius 3 is 2.69 bits per heavy atom. The summed E-state index contributed by atoms with van der Waals surface area (Å²) in [7, 11) is 6.68. The van der Waals surface area contributed by atoms with Crippen LogP contribution in [-0.2, 0) is 6.42 Å². The van der Waals surface area contributed by atoms with Crippen LogP contribution in [0, 0.1) is 0 Å². The molecule has 0 unspecified atom stereocenters. The van der Waals surface area contributed by atoms with E-state index in [0.29, 0.717) is 0 Å². The summed E-state index contributed by atoms with van der Waals surface area (Å²) >= 11 is 3.52. The lowest BCUT2D eigenvalue weighted by Gasteiger charge is -2.23. The molecule has 0 aliphatic carbocycles. The van der Waals surface area contributed by atoms with Gasteiger partial charge in [0.15, 0.2) is 0 Å². The maximum Gasteiger partial charge on any atom is 0.0822 e. The average Bonchev–Trinajstić information content (AvgIpc) is 2.56. The molecule has 86 valence electrons. The molecular formula is C13H18BrN2+. The molecule has 0 fully saturated rings. The lowest BCUT2D eigenvalue weighted by molar-refractivity contribution is -0.870. The molecule has 0 radical (unpaired) electrons. The highest BCUT2D eigenvalue weighted by atomic mass is 79.9. The molecule has 0 spiro atoms. The Balaban J connectivity index is 2.28. The Hall–Kier alpha value is -0.800. The van der Waals surface area contributed by atoms with Crippen molar-refractivity contribution in [3.8, 4) is 0 Å². The number of nitrogens with one attached hydrogen (secondary N) is 1. The first-order chi connectivity index (χ1) is 7.46. The van der Waals surface area contributed by atoms with Crippen LogP contribution in [0.3, 0.4) is 0 Å². The van der Waals surface area contributed by atoms with E-state index in [1.807, 2.05) is 0 Å². The highest BCUT2D eigenvalue weighted by Gasteiger charge is 2.10. The number of likely N-dealkylation sites (N-methyl/N-ethyl adjacent to an activating group) is 1. The molecule has 0 saturated heterocycles. The molecule has 1 aromatic carbocycles. The van der Waals surface area contributed by atoms with Crippen molar-refractivity contribution in [1.82, 2.24) is 4.98 Å². The molecule has 16 heavy (non-hydrogen) atoms. The summed E-state index contributed by atoms with van der Waals surface area (Å²) in [5.41, 5.74) is 2.63. The van der Waals surface area contributed by atoms with Crippen LogP contribution in [0.1, 0.15) is 5.56 Å². The third-order valence-corrected chi connectivity index (χ3v) is 3.27. The topological polar surface area (TPSA) is 15.8 Å². The predicted octanol–water partition coefficient (Wildman–Crippen LogP) is 3.18. The summed E-state index contributed by atoms with van der Waals surface area (Å²) in [6.45, 7) is 1.15. The average molecular weight is 282 g/mol. The normalized spacial score (nSPS) is 12.2. The van der Waals surface area contributed by atoms with Crippen molar-refractivity contribution in [2.45, 2.75) is 6.42 Å². The molecular weight excluding hydrogens is 264 g/mol. The van der Waals surface area contributed by atoms with E-state index in [1.54, 1.807) is 0 Å². The minimum atomic E-state index is 1.00. The number of quaternary nitrogens is 1. The highest BCUT2D eigenvalue weighted by molar-refractivity contribution is 9.10. The van der Waals surface area contributed by atoms with Gasteiger partial charge in [-0.3, -0.25) is 0 Å². The minimum Gasteiger partial charge on any atom is -0.361 e. The van der Waals surface area contributed by atoms with Gasteiger partial charge in [-0.05, 0) is 23.8 Å². The molecule has 0 bridgehead atoms. The number of aromatic amines is 1. The fraction of sp³-hybridized carbons (Fsp3) is 0.385. The van der Waals surface area contributed by atoms with E-state index in [2.05, 4.69) is 66.5 Å². The molecule has 0 aliphatic rings. The Morgan fingerprint density at radius 2 is 2.00 bits per heavy atom. The summed E-state index contributed by atoms with van der Waals surface area (Å²) in [4.78, 5) is 3.32. The van der Waals surface area contributed by atoms with Crippen molar-refractivity contribution in [2.24, 2.45) is 0 Å². The Labute approximate surface area is 105 Å². The second-order valence-electron chi connectivity index (χ2n) is 5.27. The Kier molecular flexibility index (Phi) is 3.08. The molecule has 0 saturated carbocycles. The van der Waals surface area contributed by atoms with E-state index in [4.69, 9.17) is 0 Å². The van der Waals surface area contributed by atoms with Crippen LogP contribution in [0.2, 0.25) is 0 Å². The zero-order valence-corrected chi connectivity index (χ0v) is 11.6. The first-order valence-electron chi connectivity index (χ1n) is 5.52. The van der Waals surface area contributed by atoms with Crippen molar-refractivity contribution in [3.05, 3.63) is 34.4 Å². The number of H-pyrrole nitrogens is 1. The fourth-order valence-corrected chi connectivity index (χ4v) is 2.17. The summed E-state index contributed by atoms with van der Waals surface area (Å²) < 4.78 is 2.15. The van der Waals surface area contributed by atoms with Crippen molar-refractivity contribution < 1.29 is 4.48 Å². The number of hydrogen-bond donors (Lipinski definition) is 1. The van der Waals surface area contributed by atoms with E-state index >= 15 is 0 Å². The van der Waals surface area contributed by atoms with Gasteiger partial charge in [-0.15, -0.1) is 0 Å². The molecule has 1 heterocycles. The molecule has 0 aliphatic heterocycles. The summed E-state index contributed by atoms with van der Waals surface area (Å²) in [6, 6.07) is 6.38. The van der Waals surface area contributed by atoms with Gasteiger partial charge >= 0.3 is 0 Å². The smallest absolute Gasteiger partial charge is 0.0822 e. The largest absolute Gasteiger partial charge is 0.361 e. The van der Waals surface area contributed by atoms with Gasteiger partial charge in [0.1, 0.15) is 0 Å². The van der Waals surface area contributed by atoms with Gasteiger partial charge < -0.3 is 9.47 Å². The van der Waals surface area contributed by atoms with Gasteiger partial charge in [-0.1, -0.05) is 15.9 Å². The van der Waals surface area contributed by atoms with Crippen LogP contribution in [0.5, 0.6) is 0 Å². The van der Waals surface area contributed by atoms with Crippen LogP contribution in [0.25, 0.3) is 10.9 Å². The van der Waals surface area contributed by atoms with Crippen molar-refractivity contribution in [1.29, 1.82) is 0 Å². The molecule has 3 heteroatoms. The number of fused-ring (bicyclic) bond motifs is 1. The van der Waals surface area contributed by atoms with Crippen molar-refractivity contribution in [3.63, 3.8) is 0 Å². The summed E-state index contributed by atoms with van der Waals surface area (Å²) in [5.74, 6) is 0. The van der Waals surface area contributed by atoms with Gasteiger partial charge in [-0.2, -0.15) is 0 Å². The molecule has 2 rings (SSSR count). The van der Waals surface area contributed by atoms with Gasteiger partial charge in [-0.25, -0.2) is 0 Å². The third kappa shape index (κ3) is 2.66. The zero-order chi connectivity index (χ0) is 11.8. The number of benzene rings is 1. The monoisotopic (exact) mass is 281 g/mol. The number of nitrogens with zero attached hydrogens (tertiary/aromatic N) is 1. The van der Waals surface area contributed by atoms with E-state index in [-0.39, 0.29) is 0 Å². The standard InChI is InChI=1S/C13H18BrN2/c1-16(2,3)7-6-10-9-15-13-5-4-11(14)8-12(10)13/h4-5,8-9,15H,6-7H2,1-3H3/q+1. The first kappa shape index (κ1) is 11.7. The summed E-state index contributed by atoms with van der Waals surface area (Å²) in [5, 5.41) is 1.34. The van der Waals surface area contributed by atoms with Crippen LogP contribution in [0.4, 0.5) is 0 Å². The lowest BCUT2D eigenvalue weighted by Crippen LogP contribution is -2.36. The SMILES string of the molecule is C[N+](C)(C)CCc1c[nH]c2ccc(Br)cc12. The van der Waals surface area contributed by atoms with Gasteiger partial charge in [0.05, 0.1) is 27.7 Å². The van der Waals surface area contributed by atoms with Crippen molar-refractivity contribution >= 4 is 26.8 Å². The van der Waals surface area contributed by atoms with Gasteiger partial charge in [0.25, 0.3) is 0 Å². The fourth-order valence-electron chi connectivity index (χ4n) is 1.81. The van der Waals surface area contributed by atoms with E-state index in [9.17, 15) is 0 Å². The van der Waals surface area contributed by atoms with E-state index in [0.717, 1.165) is 21.9 Å². The number of rotatable bonds is 3. The van der Waals surface area contributed by atoms with E-state index in [1.165, 1.54) is 16.5 Å². The Bertz CT molecular complexity index is 494. The number of halogens is 1. The highest BCUT2D eigenvalue weighted by Crippen LogP contribution is 2.23. The second-order valence-corrected chi connectivity index (χ2v) is 6.18. The van der Waals surface area contributed by atoms with Crippen LogP contribution < -0.4 is 0 Å². The van der Waals surface area contributed by atoms with Gasteiger partial charge in [0, 0.05) is 28.0 Å². The number of aromatic nitrogens is 1. The maximum atomic E-state index is 3.52. The minimum absolute atomic E-state index is 1.00. The Morgan fingerprint density at radius 1 is 1.25 bits per heavy atom. The molecule has 2 nitrogen and oxygen atoms in total. The lowest BCUT2D eigenvalue weighted by atomic mass is 10.1. The zero-order valence-electron chi connectivity index (χ0n) is 10.0. The van der Waals surface area contributed by atoms with Gasteiger partial charge in [0.2, 0.25) is 0 Å². The molecule has 1 N–H and O–H groups in total. The second kappa shape index (κ2) is 4.22. The van der Waals surface area contributed by atoms with Crippen molar-refractivity contribution in [2.75, 3.05) is 27.7 Å². The van der Waals surface area contributed by atoms with Crippen LogP contribution in [0.15, 0.2) is 28.9 Å². The first-order valence-corrected chi connectivity index (χ1v) is 6.31. The van der Waals surface area contributed by atoms with Crippen LogP contribution >= 0.6 is 15.9 Å². The van der Waals surface area contributed by atoms with E-state index < -0.39 is 0 Å². The third-order valence-electron chi connectivity index (χ3n) is 2.78. The van der Waals surface area contributed by atoms with Crippen LogP contribution in [-0.4, -0.2) is 37.2 Å².